The molecule has 0 aromatic heterocycles. The smallest absolute Gasteiger partial charge is 0.149 e. The molecule has 0 amide bonds. The van der Waals surface area contributed by atoms with E-state index >= 15 is 0 Å². The first-order valence-corrected chi connectivity index (χ1v) is 13.8. The topological polar surface area (TPSA) is 18.5 Å². The van der Waals surface area contributed by atoms with Crippen molar-refractivity contribution >= 4 is 127 Å². The first kappa shape index (κ1) is 25.1. The van der Waals surface area contributed by atoms with Crippen LogP contribution in [0.3, 0.4) is 0 Å². The highest BCUT2D eigenvalue weighted by molar-refractivity contribution is 9.14. The van der Waals surface area contributed by atoms with Gasteiger partial charge in [-0.1, -0.05) is 0 Å². The molecule has 148 valence electrons. The van der Waals surface area contributed by atoms with Crippen LogP contribution in [0.2, 0.25) is 0 Å². The molecule has 10 heteroatoms. The summed E-state index contributed by atoms with van der Waals surface area (Å²) in [5, 5.41) is 0. The molecule has 0 spiro atoms. The van der Waals surface area contributed by atoms with Gasteiger partial charge in [0.2, 0.25) is 0 Å². The molecular weight excluding hydrogens is 875 g/mol. The molecule has 0 radical (unpaired) electrons. The Balaban J connectivity index is 2.02. The van der Waals surface area contributed by atoms with Crippen LogP contribution in [-0.4, -0.2) is 13.2 Å². The van der Waals surface area contributed by atoms with Gasteiger partial charge in [0.05, 0.1) is 31.1 Å². The van der Waals surface area contributed by atoms with E-state index in [4.69, 9.17) is 9.47 Å². The predicted octanol–water partition coefficient (Wildman–Crippen LogP) is 10.3. The van der Waals surface area contributed by atoms with Crippen LogP contribution in [0, 0.1) is 13.8 Å². The zero-order chi connectivity index (χ0) is 20.5. The molecule has 0 saturated heterocycles. The van der Waals surface area contributed by atoms with Crippen molar-refractivity contribution < 1.29 is 9.47 Å². The SMILES string of the molecule is Cc1c(Br)c(Br)c(OCCCOc2c(Br)c(Br)c(C)c(Br)c2Br)c(Br)c1Br. The van der Waals surface area contributed by atoms with Gasteiger partial charge in [-0.3, -0.25) is 0 Å². The Morgan fingerprint density at radius 2 is 0.741 bits per heavy atom. The second-order valence-corrected chi connectivity index (χ2v) is 11.8. The van der Waals surface area contributed by atoms with E-state index in [1.807, 2.05) is 13.8 Å². The zero-order valence-corrected chi connectivity index (χ0v) is 26.6. The Morgan fingerprint density at radius 3 is 1.00 bits per heavy atom. The van der Waals surface area contributed by atoms with Gasteiger partial charge in [0.1, 0.15) is 11.5 Å². The van der Waals surface area contributed by atoms with Gasteiger partial charge in [0.25, 0.3) is 0 Å². The summed E-state index contributed by atoms with van der Waals surface area (Å²) in [6.07, 6.45) is 0.726. The van der Waals surface area contributed by atoms with Gasteiger partial charge in [0, 0.05) is 24.3 Å². The van der Waals surface area contributed by atoms with Crippen molar-refractivity contribution in [2.75, 3.05) is 13.2 Å². The molecule has 0 heterocycles. The van der Waals surface area contributed by atoms with E-state index in [9.17, 15) is 0 Å². The molecule has 27 heavy (non-hydrogen) atoms. The summed E-state index contributed by atoms with van der Waals surface area (Å²) in [5.41, 5.74) is 2.18. The van der Waals surface area contributed by atoms with Gasteiger partial charge in [-0.05, 0) is 152 Å². The third-order valence-corrected chi connectivity index (χ3v) is 12.8. The molecule has 0 saturated carbocycles. The zero-order valence-electron chi connectivity index (χ0n) is 14.0. The molecule has 0 aliphatic rings. The van der Waals surface area contributed by atoms with E-state index in [1.54, 1.807) is 0 Å². The number of hydrogen-bond acceptors (Lipinski definition) is 2. The van der Waals surface area contributed by atoms with E-state index in [1.165, 1.54) is 0 Å². The van der Waals surface area contributed by atoms with Crippen LogP contribution in [0.1, 0.15) is 17.5 Å². The highest BCUT2D eigenvalue weighted by atomic mass is 79.9. The van der Waals surface area contributed by atoms with Crippen LogP contribution in [0.5, 0.6) is 11.5 Å². The molecule has 2 aromatic carbocycles. The lowest BCUT2D eigenvalue weighted by Gasteiger charge is -2.17. The number of hydrogen-bond donors (Lipinski definition) is 0. The fourth-order valence-electron chi connectivity index (χ4n) is 2.10. The molecule has 0 bridgehead atoms. The fraction of sp³-hybridized carbons (Fsp3) is 0.294. The highest BCUT2D eigenvalue weighted by Crippen LogP contribution is 2.47. The summed E-state index contributed by atoms with van der Waals surface area (Å²) in [6.45, 7) is 5.08. The molecule has 0 aliphatic heterocycles. The largest absolute Gasteiger partial charge is 0.491 e. The Hall–Kier alpha value is 1.88. The summed E-state index contributed by atoms with van der Waals surface area (Å²) in [5.74, 6) is 1.50. The normalized spacial score (nSPS) is 11.0. The van der Waals surface area contributed by atoms with Gasteiger partial charge in [-0.15, -0.1) is 0 Å². The molecule has 2 rings (SSSR count). The monoisotopic (exact) mass is 879 g/mol. The van der Waals surface area contributed by atoms with Gasteiger partial charge >= 0.3 is 0 Å². The summed E-state index contributed by atoms with van der Waals surface area (Å²) in [4.78, 5) is 0. The summed E-state index contributed by atoms with van der Waals surface area (Å²) in [6, 6.07) is 0. The minimum Gasteiger partial charge on any atom is -0.491 e. The number of halogens is 8. The van der Waals surface area contributed by atoms with Crippen LogP contribution in [0.25, 0.3) is 0 Å². The Morgan fingerprint density at radius 1 is 0.481 bits per heavy atom. The Labute approximate surface area is 225 Å². The lowest BCUT2D eigenvalue weighted by Crippen LogP contribution is -2.07. The summed E-state index contributed by atoms with van der Waals surface area (Å²) >= 11 is 28.7. The van der Waals surface area contributed by atoms with Crippen molar-refractivity contribution in [1.29, 1.82) is 0 Å². The summed E-state index contributed by atoms with van der Waals surface area (Å²) < 4.78 is 19.3. The van der Waals surface area contributed by atoms with E-state index in [0.717, 1.165) is 64.8 Å². The minimum atomic E-state index is 0.516. The van der Waals surface area contributed by atoms with Crippen molar-refractivity contribution in [3.8, 4) is 11.5 Å². The van der Waals surface area contributed by atoms with Crippen LogP contribution >= 0.6 is 127 Å². The molecule has 0 unspecified atom stereocenters. The number of rotatable bonds is 6. The van der Waals surface area contributed by atoms with Crippen molar-refractivity contribution in [1.82, 2.24) is 0 Å². The molecule has 0 fully saturated rings. The maximum Gasteiger partial charge on any atom is 0.149 e. The first-order chi connectivity index (χ1) is 12.6. The van der Waals surface area contributed by atoms with Crippen molar-refractivity contribution in [3.05, 3.63) is 46.9 Å². The third-order valence-electron chi connectivity index (χ3n) is 3.67. The van der Waals surface area contributed by atoms with Crippen LogP contribution in [0.15, 0.2) is 35.8 Å². The molecule has 2 nitrogen and oxygen atoms in total. The first-order valence-electron chi connectivity index (χ1n) is 7.50. The fourth-order valence-corrected chi connectivity index (χ4v) is 7.12. The van der Waals surface area contributed by atoms with Gasteiger partial charge in [-0.25, -0.2) is 0 Å². The van der Waals surface area contributed by atoms with Gasteiger partial charge < -0.3 is 9.47 Å². The minimum absolute atomic E-state index is 0.516. The number of ether oxygens (including phenoxy) is 2. The summed E-state index contributed by atoms with van der Waals surface area (Å²) in [7, 11) is 0. The quantitative estimate of drug-likeness (QED) is 0.213. The second kappa shape index (κ2) is 11.0. The molecular formula is C17H12Br8O2. The molecule has 2 aromatic rings. The average Bonchev–Trinajstić information content (AvgIpc) is 2.66. The Bertz CT molecular complexity index is 753. The van der Waals surface area contributed by atoms with E-state index in [2.05, 4.69) is 127 Å². The Kier molecular flexibility index (Phi) is 10.2. The molecule has 0 aliphatic carbocycles. The van der Waals surface area contributed by atoms with Gasteiger partial charge in [-0.2, -0.15) is 0 Å². The van der Waals surface area contributed by atoms with Crippen molar-refractivity contribution in [2.24, 2.45) is 0 Å². The predicted molar refractivity (Wildman–Crippen MR) is 140 cm³/mol. The van der Waals surface area contributed by atoms with Crippen LogP contribution in [0.4, 0.5) is 0 Å². The number of benzene rings is 2. The van der Waals surface area contributed by atoms with E-state index < -0.39 is 0 Å². The third kappa shape index (κ3) is 5.57. The van der Waals surface area contributed by atoms with Crippen LogP contribution < -0.4 is 9.47 Å². The van der Waals surface area contributed by atoms with Crippen LogP contribution in [-0.2, 0) is 0 Å². The van der Waals surface area contributed by atoms with E-state index in [-0.39, 0.29) is 0 Å². The van der Waals surface area contributed by atoms with Gasteiger partial charge in [0.15, 0.2) is 0 Å². The molecule has 0 atom stereocenters. The average molecular weight is 888 g/mol. The highest BCUT2D eigenvalue weighted by Gasteiger charge is 2.19. The van der Waals surface area contributed by atoms with Crippen molar-refractivity contribution in [3.63, 3.8) is 0 Å². The second-order valence-electron chi connectivity index (χ2n) is 5.47. The molecule has 0 N–H and O–H groups in total. The lowest BCUT2D eigenvalue weighted by atomic mass is 10.2. The maximum atomic E-state index is 5.97. The lowest BCUT2D eigenvalue weighted by molar-refractivity contribution is 0.244. The van der Waals surface area contributed by atoms with E-state index in [0.29, 0.717) is 13.2 Å². The van der Waals surface area contributed by atoms with Crippen molar-refractivity contribution in [2.45, 2.75) is 20.3 Å². The maximum absolute atomic E-state index is 5.97. The standard InChI is InChI=1S/C17H12Br8O2/c1-6-8(18)12(22)16(13(23)9(6)19)26-4-3-5-27-17-14(24)10(20)7(2)11(21)15(17)25/h3-5H2,1-2H3.